The van der Waals surface area contributed by atoms with Gasteiger partial charge in [0.25, 0.3) is 5.91 Å². The number of aryl methyl sites for hydroxylation is 2. The van der Waals surface area contributed by atoms with Gasteiger partial charge >= 0.3 is 0 Å². The first-order chi connectivity index (χ1) is 12.6. The number of hydrogen-bond acceptors (Lipinski definition) is 4. The van der Waals surface area contributed by atoms with Crippen molar-refractivity contribution >= 4 is 33.2 Å². The molecule has 2 N–H and O–H groups in total. The lowest BCUT2D eigenvalue weighted by atomic mass is 10.1. The summed E-state index contributed by atoms with van der Waals surface area (Å²) in [5.74, 6) is 0.274. The Kier molecular flexibility index (Phi) is 6.86. The molecule has 0 spiro atoms. The molecule has 2 aromatic carbocycles. The first-order valence-corrected chi connectivity index (χ1v) is 10.3. The van der Waals surface area contributed by atoms with Crippen LogP contribution in [0.4, 0.5) is 5.69 Å². The first kappa shape index (κ1) is 21.2. The molecule has 0 aliphatic heterocycles. The molecular weight excluding hydrogens is 388 g/mol. The molecule has 0 unspecified atom stereocenters. The number of halogens is 1. The molecule has 1 amide bonds. The molecule has 0 aromatic heterocycles. The summed E-state index contributed by atoms with van der Waals surface area (Å²) in [6, 6.07) is 9.28. The largest absolute Gasteiger partial charge is 0.483 e. The van der Waals surface area contributed by atoms with Gasteiger partial charge in [-0.15, -0.1) is 0 Å². The van der Waals surface area contributed by atoms with E-state index in [9.17, 15) is 13.2 Å². The van der Waals surface area contributed by atoms with Crippen LogP contribution in [0.1, 0.15) is 25.0 Å². The van der Waals surface area contributed by atoms with Crippen molar-refractivity contribution in [2.75, 3.05) is 11.9 Å². The van der Waals surface area contributed by atoms with Gasteiger partial charge in [-0.1, -0.05) is 11.6 Å². The summed E-state index contributed by atoms with van der Waals surface area (Å²) < 4.78 is 32.3. The molecule has 0 bridgehead atoms. The summed E-state index contributed by atoms with van der Waals surface area (Å²) in [5.41, 5.74) is 2.18. The maximum absolute atomic E-state index is 12.1. The number of ether oxygens (including phenoxy) is 1. The number of rotatable bonds is 7. The summed E-state index contributed by atoms with van der Waals surface area (Å²) in [4.78, 5) is 12.2. The lowest BCUT2D eigenvalue weighted by Gasteiger charge is -2.13. The zero-order valence-corrected chi connectivity index (χ0v) is 17.2. The number of carbonyl (C=O) groups excluding carboxylic acids is 1. The van der Waals surface area contributed by atoms with Crippen molar-refractivity contribution < 1.29 is 17.9 Å². The highest BCUT2D eigenvalue weighted by atomic mass is 35.5. The fraction of sp³-hybridized carbons (Fsp3) is 0.316. The van der Waals surface area contributed by atoms with E-state index < -0.39 is 10.0 Å². The van der Waals surface area contributed by atoms with Crippen LogP contribution >= 0.6 is 11.6 Å². The van der Waals surface area contributed by atoms with Crippen LogP contribution < -0.4 is 14.8 Å². The highest BCUT2D eigenvalue weighted by molar-refractivity contribution is 7.89. The van der Waals surface area contributed by atoms with Gasteiger partial charge in [-0.25, -0.2) is 13.1 Å². The van der Waals surface area contributed by atoms with E-state index in [0.717, 1.165) is 11.1 Å². The van der Waals surface area contributed by atoms with E-state index >= 15 is 0 Å². The van der Waals surface area contributed by atoms with Crippen LogP contribution in [0.15, 0.2) is 41.3 Å². The predicted molar refractivity (Wildman–Crippen MR) is 107 cm³/mol. The van der Waals surface area contributed by atoms with Gasteiger partial charge in [-0.2, -0.15) is 0 Å². The molecule has 2 rings (SSSR count). The van der Waals surface area contributed by atoms with Crippen LogP contribution in [0.25, 0.3) is 0 Å². The zero-order valence-electron chi connectivity index (χ0n) is 15.7. The molecule has 0 aliphatic rings. The molecule has 0 aliphatic carbocycles. The Morgan fingerprint density at radius 1 is 1.11 bits per heavy atom. The van der Waals surface area contributed by atoms with Gasteiger partial charge < -0.3 is 10.1 Å². The summed E-state index contributed by atoms with van der Waals surface area (Å²) in [6.45, 7) is 7.04. The summed E-state index contributed by atoms with van der Waals surface area (Å²) in [7, 11) is -3.56. The average Bonchev–Trinajstić information content (AvgIpc) is 2.53. The van der Waals surface area contributed by atoms with Gasteiger partial charge in [0.05, 0.1) is 4.90 Å². The fourth-order valence-corrected chi connectivity index (χ4v) is 4.13. The molecule has 8 heteroatoms. The quantitative estimate of drug-likeness (QED) is 0.729. The van der Waals surface area contributed by atoms with E-state index in [1.165, 1.54) is 24.3 Å². The first-order valence-electron chi connectivity index (χ1n) is 8.40. The average molecular weight is 411 g/mol. The molecule has 0 heterocycles. The van der Waals surface area contributed by atoms with Crippen molar-refractivity contribution in [3.05, 3.63) is 52.5 Å². The third-order valence-corrected chi connectivity index (χ3v) is 5.50. The number of nitrogens with one attached hydrogen (secondary N) is 2. The van der Waals surface area contributed by atoms with Gasteiger partial charge in [0.2, 0.25) is 10.0 Å². The number of benzene rings is 2. The molecule has 146 valence electrons. The van der Waals surface area contributed by atoms with E-state index in [4.69, 9.17) is 16.3 Å². The van der Waals surface area contributed by atoms with Gasteiger partial charge in [0, 0.05) is 16.8 Å². The van der Waals surface area contributed by atoms with E-state index in [2.05, 4.69) is 10.0 Å². The van der Waals surface area contributed by atoms with Crippen LogP contribution in [0.2, 0.25) is 5.02 Å². The van der Waals surface area contributed by atoms with E-state index in [1.807, 2.05) is 13.8 Å². The lowest BCUT2D eigenvalue weighted by molar-refractivity contribution is -0.118. The Morgan fingerprint density at radius 3 is 2.19 bits per heavy atom. The number of anilines is 1. The van der Waals surface area contributed by atoms with E-state index in [1.54, 1.807) is 26.0 Å². The Morgan fingerprint density at radius 2 is 1.67 bits per heavy atom. The topological polar surface area (TPSA) is 84.5 Å². The summed E-state index contributed by atoms with van der Waals surface area (Å²) in [6.07, 6.45) is 0. The smallest absolute Gasteiger partial charge is 0.262 e. The molecule has 0 fully saturated rings. The second-order valence-corrected chi connectivity index (χ2v) is 8.66. The van der Waals surface area contributed by atoms with Crippen LogP contribution in [-0.2, 0) is 14.8 Å². The van der Waals surface area contributed by atoms with Gasteiger partial charge in [0.1, 0.15) is 5.75 Å². The van der Waals surface area contributed by atoms with Gasteiger partial charge in [-0.05, 0) is 75.2 Å². The van der Waals surface area contributed by atoms with Gasteiger partial charge in [-0.3, -0.25) is 4.79 Å². The van der Waals surface area contributed by atoms with Gasteiger partial charge in [0.15, 0.2) is 6.61 Å². The van der Waals surface area contributed by atoms with Crippen molar-refractivity contribution in [1.29, 1.82) is 0 Å². The Hall–Kier alpha value is -2.09. The van der Waals surface area contributed by atoms with Crippen molar-refractivity contribution in [2.45, 2.75) is 38.6 Å². The molecule has 27 heavy (non-hydrogen) atoms. The number of carbonyl (C=O) groups is 1. The van der Waals surface area contributed by atoms with Crippen LogP contribution in [0, 0.1) is 13.8 Å². The SMILES string of the molecule is Cc1cc(Cl)cc(C)c1OCC(=O)Nc1ccc(S(=O)(=O)NC(C)C)cc1. The number of hydrogen-bond donors (Lipinski definition) is 2. The lowest BCUT2D eigenvalue weighted by Crippen LogP contribution is -2.30. The van der Waals surface area contributed by atoms with E-state index in [-0.39, 0.29) is 23.5 Å². The molecular formula is C19H23ClN2O4S. The van der Waals surface area contributed by atoms with Crippen molar-refractivity contribution in [3.8, 4) is 5.75 Å². The highest BCUT2D eigenvalue weighted by Crippen LogP contribution is 2.27. The minimum absolute atomic E-state index is 0.137. The molecule has 2 aromatic rings. The molecule has 6 nitrogen and oxygen atoms in total. The van der Waals surface area contributed by atoms with Crippen molar-refractivity contribution in [2.24, 2.45) is 0 Å². The van der Waals surface area contributed by atoms with Crippen molar-refractivity contribution in [3.63, 3.8) is 0 Å². The molecule has 0 radical (unpaired) electrons. The van der Waals surface area contributed by atoms with E-state index in [0.29, 0.717) is 16.5 Å². The van der Waals surface area contributed by atoms with Crippen LogP contribution in [-0.4, -0.2) is 27.0 Å². The van der Waals surface area contributed by atoms with Crippen LogP contribution in [0.3, 0.4) is 0 Å². The number of sulfonamides is 1. The summed E-state index contributed by atoms with van der Waals surface area (Å²) >= 11 is 5.98. The zero-order chi connectivity index (χ0) is 20.2. The summed E-state index contributed by atoms with van der Waals surface area (Å²) in [5, 5.41) is 3.29. The maximum atomic E-state index is 12.1. The Balaban J connectivity index is 1.99. The normalized spacial score (nSPS) is 11.5. The second-order valence-electron chi connectivity index (χ2n) is 6.51. The fourth-order valence-electron chi connectivity index (χ4n) is 2.56. The standard InChI is InChI=1S/C19H23ClN2O4S/c1-12(2)22-27(24,25)17-7-5-16(6-8-17)21-18(23)11-26-19-13(3)9-15(20)10-14(19)4/h5-10,12,22H,11H2,1-4H3,(H,21,23). The third kappa shape index (κ3) is 5.95. The minimum Gasteiger partial charge on any atom is -0.483 e. The van der Waals surface area contributed by atoms with Crippen molar-refractivity contribution in [1.82, 2.24) is 4.72 Å². The highest BCUT2D eigenvalue weighted by Gasteiger charge is 2.15. The third-order valence-electron chi connectivity index (χ3n) is 3.61. The molecule has 0 saturated heterocycles. The predicted octanol–water partition coefficient (Wildman–Crippen LogP) is 3.66. The van der Waals surface area contributed by atoms with Crippen LogP contribution in [0.5, 0.6) is 5.75 Å². The Labute approximate surface area is 164 Å². The Bertz CT molecular complexity index is 902. The minimum atomic E-state index is -3.56. The second kappa shape index (κ2) is 8.73. The number of amides is 1. The molecule has 0 saturated carbocycles. The monoisotopic (exact) mass is 410 g/mol. The maximum Gasteiger partial charge on any atom is 0.262 e. The molecule has 0 atom stereocenters.